The highest BCUT2D eigenvalue weighted by Gasteiger charge is 2.16. The molecule has 6 nitrogen and oxygen atoms in total. The predicted molar refractivity (Wildman–Crippen MR) is 107 cm³/mol. The van der Waals surface area contributed by atoms with Crippen LogP contribution < -0.4 is 4.74 Å². The van der Waals surface area contributed by atoms with Gasteiger partial charge < -0.3 is 14.2 Å². The molecule has 0 saturated heterocycles. The zero-order valence-electron chi connectivity index (χ0n) is 15.9. The van der Waals surface area contributed by atoms with E-state index in [1.54, 1.807) is 12.0 Å². The molecule has 0 spiro atoms. The number of aromatic nitrogens is 2. The van der Waals surface area contributed by atoms with E-state index in [1.807, 2.05) is 55.5 Å². The molecule has 0 aliphatic rings. The van der Waals surface area contributed by atoms with Crippen molar-refractivity contribution >= 4 is 17.5 Å². The van der Waals surface area contributed by atoms with Gasteiger partial charge in [0.15, 0.2) is 0 Å². The minimum Gasteiger partial charge on any atom is -0.497 e. The van der Waals surface area contributed by atoms with Crippen LogP contribution in [0.5, 0.6) is 5.75 Å². The zero-order valence-corrected chi connectivity index (χ0v) is 16.6. The number of halogens is 1. The van der Waals surface area contributed by atoms with Crippen LogP contribution in [-0.2, 0) is 17.8 Å². The molecule has 3 rings (SSSR count). The molecule has 0 saturated carbocycles. The monoisotopic (exact) mass is 399 g/mol. The van der Waals surface area contributed by atoms with Gasteiger partial charge in [-0.25, -0.2) is 0 Å². The summed E-state index contributed by atoms with van der Waals surface area (Å²) < 4.78 is 10.4. The number of nitrogens with zero attached hydrogens (tertiary/aromatic N) is 3. The van der Waals surface area contributed by atoms with Crippen LogP contribution in [0.1, 0.15) is 24.8 Å². The summed E-state index contributed by atoms with van der Waals surface area (Å²) in [7, 11) is 1.61. The van der Waals surface area contributed by atoms with Crippen LogP contribution in [0.4, 0.5) is 0 Å². The smallest absolute Gasteiger partial charge is 0.227 e. The average molecular weight is 400 g/mol. The first-order valence-corrected chi connectivity index (χ1v) is 9.46. The van der Waals surface area contributed by atoms with E-state index in [2.05, 4.69) is 10.1 Å². The highest BCUT2D eigenvalue weighted by Crippen LogP contribution is 2.21. The zero-order chi connectivity index (χ0) is 19.9. The quantitative estimate of drug-likeness (QED) is 0.562. The first kappa shape index (κ1) is 19.9. The number of carbonyl (C=O) groups is 1. The third-order valence-corrected chi connectivity index (χ3v) is 4.79. The van der Waals surface area contributed by atoms with Gasteiger partial charge in [-0.1, -0.05) is 35.0 Å². The van der Waals surface area contributed by atoms with Gasteiger partial charge in [-0.2, -0.15) is 4.98 Å². The molecule has 0 bridgehead atoms. The fraction of sp³-hybridized carbons (Fsp3) is 0.286. The Morgan fingerprint density at radius 2 is 1.93 bits per heavy atom. The molecule has 146 valence electrons. The second kappa shape index (κ2) is 9.37. The van der Waals surface area contributed by atoms with Crippen molar-refractivity contribution in [1.29, 1.82) is 0 Å². The minimum atomic E-state index is 0.0200. The second-order valence-electron chi connectivity index (χ2n) is 6.24. The number of carbonyl (C=O) groups excluding carboxylic acids is 1. The van der Waals surface area contributed by atoms with Crippen LogP contribution in [-0.4, -0.2) is 34.6 Å². The molecule has 2 aromatic carbocycles. The molecule has 0 aliphatic heterocycles. The molecular formula is C21H22ClN3O3. The van der Waals surface area contributed by atoms with E-state index in [9.17, 15) is 4.79 Å². The average Bonchev–Trinajstić information content (AvgIpc) is 3.20. The Hall–Kier alpha value is -2.86. The Labute approximate surface area is 169 Å². The molecule has 0 N–H and O–H groups in total. The van der Waals surface area contributed by atoms with E-state index < -0.39 is 0 Å². The minimum absolute atomic E-state index is 0.0200. The molecule has 1 aromatic heterocycles. The largest absolute Gasteiger partial charge is 0.497 e. The van der Waals surface area contributed by atoms with Gasteiger partial charge in [-0.3, -0.25) is 4.79 Å². The summed E-state index contributed by atoms with van der Waals surface area (Å²) in [6.45, 7) is 3.03. The van der Waals surface area contributed by atoms with Crippen molar-refractivity contribution in [1.82, 2.24) is 15.0 Å². The number of hydrogen-bond donors (Lipinski definition) is 0. The molecule has 1 heterocycles. The molecule has 28 heavy (non-hydrogen) atoms. The van der Waals surface area contributed by atoms with Gasteiger partial charge in [0, 0.05) is 36.5 Å². The van der Waals surface area contributed by atoms with E-state index in [0.29, 0.717) is 42.7 Å². The fourth-order valence-electron chi connectivity index (χ4n) is 2.79. The molecule has 0 fully saturated rings. The molecule has 1 amide bonds. The third kappa shape index (κ3) is 4.89. The van der Waals surface area contributed by atoms with Gasteiger partial charge in [0.05, 0.1) is 7.11 Å². The Bertz CT molecular complexity index is 925. The Balaban J connectivity index is 1.59. The lowest BCUT2D eigenvalue weighted by molar-refractivity contribution is -0.131. The predicted octanol–water partition coefficient (Wildman–Crippen LogP) is 4.38. The summed E-state index contributed by atoms with van der Waals surface area (Å²) >= 11 is 6.20. The molecular weight excluding hydrogens is 378 g/mol. The van der Waals surface area contributed by atoms with Crippen molar-refractivity contribution in [3.63, 3.8) is 0 Å². The van der Waals surface area contributed by atoms with E-state index in [4.69, 9.17) is 20.9 Å². The Morgan fingerprint density at radius 3 is 2.61 bits per heavy atom. The summed E-state index contributed by atoms with van der Waals surface area (Å²) in [6, 6.07) is 14.9. The van der Waals surface area contributed by atoms with Crippen LogP contribution in [0.15, 0.2) is 53.1 Å². The maximum absolute atomic E-state index is 12.6. The van der Waals surface area contributed by atoms with Crippen molar-refractivity contribution in [2.75, 3.05) is 13.7 Å². The van der Waals surface area contributed by atoms with Crippen molar-refractivity contribution in [2.45, 2.75) is 26.3 Å². The number of methoxy groups -OCH3 is 1. The van der Waals surface area contributed by atoms with Crippen LogP contribution in [0.2, 0.25) is 5.02 Å². The summed E-state index contributed by atoms with van der Waals surface area (Å²) in [6.07, 6.45) is 0.684. The molecule has 7 heteroatoms. The lowest BCUT2D eigenvalue weighted by Gasteiger charge is -2.21. The van der Waals surface area contributed by atoms with Crippen molar-refractivity contribution in [2.24, 2.45) is 0 Å². The van der Waals surface area contributed by atoms with Gasteiger partial charge in [0.25, 0.3) is 0 Å². The Morgan fingerprint density at radius 1 is 1.18 bits per heavy atom. The first-order chi connectivity index (χ1) is 13.6. The standard InChI is InChI=1S/C21H22ClN3O3/c1-3-25(14-16-6-4-5-7-18(16)22)20(26)13-12-19-23-21(24-28-19)15-8-10-17(27-2)11-9-15/h4-11H,3,12-14H2,1-2H3. The lowest BCUT2D eigenvalue weighted by Crippen LogP contribution is -2.30. The van der Waals surface area contributed by atoms with E-state index in [0.717, 1.165) is 16.9 Å². The maximum atomic E-state index is 12.6. The third-order valence-electron chi connectivity index (χ3n) is 4.42. The van der Waals surface area contributed by atoms with Crippen LogP contribution in [0.3, 0.4) is 0 Å². The van der Waals surface area contributed by atoms with Crippen molar-refractivity contribution in [3.8, 4) is 17.1 Å². The van der Waals surface area contributed by atoms with Crippen LogP contribution >= 0.6 is 11.6 Å². The van der Waals surface area contributed by atoms with Crippen LogP contribution in [0.25, 0.3) is 11.4 Å². The molecule has 0 radical (unpaired) electrons. The molecule has 0 aliphatic carbocycles. The van der Waals surface area contributed by atoms with Gasteiger partial charge in [0.1, 0.15) is 5.75 Å². The van der Waals surface area contributed by atoms with Crippen molar-refractivity contribution < 1.29 is 14.1 Å². The fourth-order valence-corrected chi connectivity index (χ4v) is 2.99. The van der Waals surface area contributed by atoms with Gasteiger partial charge in [0.2, 0.25) is 17.6 Å². The summed E-state index contributed by atoms with van der Waals surface area (Å²) in [5, 5.41) is 4.66. The number of ether oxygens (including phenoxy) is 1. The normalized spacial score (nSPS) is 10.7. The lowest BCUT2D eigenvalue weighted by atomic mass is 10.2. The van der Waals surface area contributed by atoms with Gasteiger partial charge in [-0.05, 0) is 42.8 Å². The number of rotatable bonds is 8. The summed E-state index contributed by atoms with van der Waals surface area (Å²) in [4.78, 5) is 18.7. The number of hydrogen-bond acceptors (Lipinski definition) is 5. The second-order valence-corrected chi connectivity index (χ2v) is 6.65. The SMILES string of the molecule is CCN(Cc1ccccc1Cl)C(=O)CCc1nc(-c2ccc(OC)cc2)no1. The first-order valence-electron chi connectivity index (χ1n) is 9.09. The Kier molecular flexibility index (Phi) is 6.66. The molecule has 0 unspecified atom stereocenters. The number of aryl methyl sites for hydroxylation is 1. The highest BCUT2D eigenvalue weighted by molar-refractivity contribution is 6.31. The number of benzene rings is 2. The number of amides is 1. The van der Waals surface area contributed by atoms with E-state index in [1.165, 1.54) is 0 Å². The van der Waals surface area contributed by atoms with Crippen LogP contribution in [0, 0.1) is 0 Å². The summed E-state index contributed by atoms with van der Waals surface area (Å²) in [5.74, 6) is 1.71. The van der Waals surface area contributed by atoms with Crippen molar-refractivity contribution in [3.05, 3.63) is 65.0 Å². The summed E-state index contributed by atoms with van der Waals surface area (Å²) in [5.41, 5.74) is 1.76. The topological polar surface area (TPSA) is 68.5 Å². The van der Waals surface area contributed by atoms with E-state index >= 15 is 0 Å². The van der Waals surface area contributed by atoms with Gasteiger partial charge in [-0.15, -0.1) is 0 Å². The molecule has 3 aromatic rings. The maximum Gasteiger partial charge on any atom is 0.227 e. The molecule has 0 atom stereocenters. The van der Waals surface area contributed by atoms with Gasteiger partial charge >= 0.3 is 0 Å². The highest BCUT2D eigenvalue weighted by atomic mass is 35.5. The van der Waals surface area contributed by atoms with E-state index in [-0.39, 0.29) is 5.91 Å².